The molecule has 1 aromatic heterocycles. The summed E-state index contributed by atoms with van der Waals surface area (Å²) in [6, 6.07) is 13.6. The Bertz CT molecular complexity index is 1040. The topological polar surface area (TPSA) is 80.5 Å². The minimum absolute atomic E-state index is 0.158. The smallest absolute Gasteiger partial charge is 0.321 e. The Morgan fingerprint density at radius 2 is 2.06 bits per heavy atom. The average Bonchev–Trinajstić information content (AvgIpc) is 3.24. The van der Waals surface area contributed by atoms with Crippen LogP contribution in [0.2, 0.25) is 0 Å². The minimum Gasteiger partial charge on any atom is -0.492 e. The van der Waals surface area contributed by atoms with Gasteiger partial charge in [0.15, 0.2) is 0 Å². The summed E-state index contributed by atoms with van der Waals surface area (Å²) in [4.78, 5) is 19.0. The third-order valence-corrected chi connectivity index (χ3v) is 5.28. The number of ether oxygens (including phenoxy) is 1. The highest BCUT2D eigenvalue weighted by Crippen LogP contribution is 2.26. The van der Waals surface area contributed by atoms with E-state index in [9.17, 15) is 9.18 Å². The molecule has 2 aromatic carbocycles. The number of hydrogen-bond acceptors (Lipinski definition) is 5. The number of para-hydroxylation sites is 2. The van der Waals surface area contributed by atoms with Crippen molar-refractivity contribution in [3.63, 3.8) is 0 Å². The van der Waals surface area contributed by atoms with Gasteiger partial charge in [0.2, 0.25) is 11.7 Å². The Balaban J connectivity index is 1.38. The van der Waals surface area contributed by atoms with Crippen molar-refractivity contribution in [2.75, 3.05) is 25.0 Å². The van der Waals surface area contributed by atoms with Crippen LogP contribution in [0.5, 0.6) is 5.75 Å². The highest BCUT2D eigenvalue weighted by atomic mass is 19.1. The molecule has 7 nitrogen and oxygen atoms in total. The first-order valence-corrected chi connectivity index (χ1v) is 10.5. The summed E-state index contributed by atoms with van der Waals surface area (Å²) in [5.74, 6) is 1.15. The third kappa shape index (κ3) is 5.02. The molecular formula is C23H25FN4O3. The summed E-state index contributed by atoms with van der Waals surface area (Å²) < 4.78 is 24.9. The number of halogens is 1. The lowest BCUT2D eigenvalue weighted by Gasteiger charge is -2.32. The lowest BCUT2D eigenvalue weighted by atomic mass is 9.95. The Labute approximate surface area is 180 Å². The van der Waals surface area contributed by atoms with Gasteiger partial charge < -0.3 is 19.5 Å². The van der Waals surface area contributed by atoms with Gasteiger partial charge in [-0.05, 0) is 49.9 Å². The van der Waals surface area contributed by atoms with Gasteiger partial charge in [0.25, 0.3) is 0 Å². The van der Waals surface area contributed by atoms with E-state index in [0.29, 0.717) is 49.0 Å². The predicted molar refractivity (Wildman–Crippen MR) is 114 cm³/mol. The van der Waals surface area contributed by atoms with Crippen molar-refractivity contribution in [1.29, 1.82) is 0 Å². The molecular weight excluding hydrogens is 399 g/mol. The van der Waals surface area contributed by atoms with E-state index in [-0.39, 0.29) is 23.6 Å². The first-order chi connectivity index (χ1) is 15.1. The van der Waals surface area contributed by atoms with Crippen LogP contribution >= 0.6 is 0 Å². The highest BCUT2D eigenvalue weighted by molar-refractivity contribution is 5.91. The summed E-state index contributed by atoms with van der Waals surface area (Å²) >= 11 is 0. The zero-order chi connectivity index (χ0) is 21.6. The number of anilines is 1. The van der Waals surface area contributed by atoms with Crippen LogP contribution in [0, 0.1) is 11.7 Å². The number of likely N-dealkylation sites (tertiary alicyclic amines) is 1. The quantitative estimate of drug-likeness (QED) is 0.617. The van der Waals surface area contributed by atoms with Crippen LogP contribution < -0.4 is 10.1 Å². The molecule has 4 rings (SSSR count). The minimum atomic E-state index is -0.386. The molecule has 1 atom stereocenters. The van der Waals surface area contributed by atoms with Gasteiger partial charge in [-0.2, -0.15) is 4.98 Å². The Hall–Kier alpha value is -3.42. The predicted octanol–water partition coefficient (Wildman–Crippen LogP) is 4.76. The Kier molecular flexibility index (Phi) is 6.45. The fraction of sp³-hybridized carbons (Fsp3) is 0.348. The normalized spacial score (nSPS) is 16.2. The first kappa shape index (κ1) is 20.8. The molecule has 0 radical (unpaired) electrons. The second-order valence-corrected chi connectivity index (χ2v) is 7.51. The van der Waals surface area contributed by atoms with E-state index in [0.717, 1.165) is 12.8 Å². The number of carbonyl (C=O) groups excluding carboxylic acids is 1. The Morgan fingerprint density at radius 3 is 2.90 bits per heavy atom. The molecule has 8 heteroatoms. The van der Waals surface area contributed by atoms with Crippen LogP contribution in [0.1, 0.15) is 25.7 Å². The van der Waals surface area contributed by atoms with Crippen molar-refractivity contribution >= 4 is 11.7 Å². The van der Waals surface area contributed by atoms with Crippen LogP contribution in [-0.4, -0.2) is 40.8 Å². The van der Waals surface area contributed by atoms with Gasteiger partial charge in [-0.3, -0.25) is 0 Å². The molecule has 1 fully saturated rings. The van der Waals surface area contributed by atoms with Crippen molar-refractivity contribution in [3.8, 4) is 17.1 Å². The zero-order valence-corrected chi connectivity index (χ0v) is 17.4. The molecule has 2 heterocycles. The molecule has 1 aliphatic rings. The molecule has 1 saturated heterocycles. The van der Waals surface area contributed by atoms with Gasteiger partial charge in [-0.1, -0.05) is 29.4 Å². The molecule has 162 valence electrons. The number of hydrogen-bond donors (Lipinski definition) is 1. The number of nitrogens with one attached hydrogen (secondary N) is 1. The van der Waals surface area contributed by atoms with Crippen molar-refractivity contribution < 1.29 is 18.4 Å². The van der Waals surface area contributed by atoms with E-state index in [2.05, 4.69) is 15.5 Å². The fourth-order valence-electron chi connectivity index (χ4n) is 3.80. The van der Waals surface area contributed by atoms with E-state index in [1.807, 2.05) is 31.2 Å². The van der Waals surface area contributed by atoms with E-state index >= 15 is 0 Å². The molecule has 2 amide bonds. The number of urea groups is 1. The molecule has 0 spiro atoms. The summed E-state index contributed by atoms with van der Waals surface area (Å²) in [7, 11) is 0. The average molecular weight is 424 g/mol. The van der Waals surface area contributed by atoms with Gasteiger partial charge in [0.05, 0.1) is 17.9 Å². The first-order valence-electron chi connectivity index (χ1n) is 10.5. The number of benzene rings is 2. The molecule has 0 bridgehead atoms. The number of aromatic nitrogens is 2. The molecule has 0 aliphatic carbocycles. The second kappa shape index (κ2) is 9.59. The maximum Gasteiger partial charge on any atom is 0.321 e. The van der Waals surface area contributed by atoms with Crippen LogP contribution in [0.25, 0.3) is 11.4 Å². The van der Waals surface area contributed by atoms with Crippen molar-refractivity contribution in [1.82, 2.24) is 15.0 Å². The number of amides is 2. The van der Waals surface area contributed by atoms with Crippen molar-refractivity contribution in [2.24, 2.45) is 5.92 Å². The number of rotatable bonds is 6. The van der Waals surface area contributed by atoms with E-state index in [1.54, 1.807) is 23.1 Å². The lowest BCUT2D eigenvalue weighted by Crippen LogP contribution is -2.42. The van der Waals surface area contributed by atoms with Gasteiger partial charge in [-0.25, -0.2) is 9.18 Å². The zero-order valence-electron chi connectivity index (χ0n) is 17.4. The van der Waals surface area contributed by atoms with Crippen LogP contribution in [0.3, 0.4) is 0 Å². The van der Waals surface area contributed by atoms with Gasteiger partial charge >= 0.3 is 6.03 Å². The van der Waals surface area contributed by atoms with E-state index < -0.39 is 0 Å². The summed E-state index contributed by atoms with van der Waals surface area (Å²) in [5, 5.41) is 6.87. The number of nitrogens with zero attached hydrogens (tertiary/aromatic N) is 3. The molecule has 0 unspecified atom stereocenters. The third-order valence-electron chi connectivity index (χ3n) is 5.28. The standard InChI is InChI=1S/C23H25FN4O3/c1-2-30-20-12-6-5-11-19(20)25-23(29)28-13-7-8-16(15-28)14-21-26-22(27-31-21)17-9-3-4-10-18(17)24/h3-6,9-12,16H,2,7-8,13-15H2,1H3,(H,25,29)/t16-/m1/s1. The monoisotopic (exact) mass is 424 g/mol. The highest BCUT2D eigenvalue weighted by Gasteiger charge is 2.26. The Morgan fingerprint density at radius 1 is 1.26 bits per heavy atom. The van der Waals surface area contributed by atoms with Crippen molar-refractivity contribution in [2.45, 2.75) is 26.2 Å². The van der Waals surface area contributed by atoms with Gasteiger partial charge in [0, 0.05) is 19.5 Å². The maximum absolute atomic E-state index is 14.0. The molecule has 1 N–H and O–H groups in total. The van der Waals surface area contributed by atoms with Crippen LogP contribution in [0.15, 0.2) is 53.1 Å². The number of piperidine rings is 1. The lowest BCUT2D eigenvalue weighted by molar-refractivity contribution is 0.173. The maximum atomic E-state index is 14.0. The molecule has 31 heavy (non-hydrogen) atoms. The number of carbonyl (C=O) groups is 1. The summed E-state index contributed by atoms with van der Waals surface area (Å²) in [6.45, 7) is 3.70. The summed E-state index contributed by atoms with van der Waals surface area (Å²) in [6.07, 6.45) is 2.39. The largest absolute Gasteiger partial charge is 0.492 e. The van der Waals surface area contributed by atoms with Gasteiger partial charge in [-0.15, -0.1) is 0 Å². The van der Waals surface area contributed by atoms with Crippen LogP contribution in [-0.2, 0) is 6.42 Å². The van der Waals surface area contributed by atoms with E-state index in [1.165, 1.54) is 6.07 Å². The van der Waals surface area contributed by atoms with Crippen molar-refractivity contribution in [3.05, 3.63) is 60.2 Å². The molecule has 3 aromatic rings. The fourth-order valence-corrected chi connectivity index (χ4v) is 3.80. The second-order valence-electron chi connectivity index (χ2n) is 7.51. The van der Waals surface area contributed by atoms with Gasteiger partial charge in [0.1, 0.15) is 11.6 Å². The summed E-state index contributed by atoms with van der Waals surface area (Å²) in [5.41, 5.74) is 0.970. The molecule has 1 aliphatic heterocycles. The van der Waals surface area contributed by atoms with E-state index in [4.69, 9.17) is 9.26 Å². The van der Waals surface area contributed by atoms with Crippen LogP contribution in [0.4, 0.5) is 14.9 Å². The molecule has 0 saturated carbocycles. The SMILES string of the molecule is CCOc1ccccc1NC(=O)N1CCC[C@H](Cc2nc(-c3ccccc3F)no2)C1.